The van der Waals surface area contributed by atoms with Gasteiger partial charge in [0.1, 0.15) is 5.54 Å². The van der Waals surface area contributed by atoms with E-state index in [2.05, 4.69) is 5.32 Å². The number of nitrogens with one attached hydrogen (secondary N) is 1. The lowest BCUT2D eigenvalue weighted by molar-refractivity contribution is 0.0688. The van der Waals surface area contributed by atoms with Gasteiger partial charge >= 0.3 is 5.97 Å². The highest BCUT2D eigenvalue weighted by Crippen LogP contribution is 2.29. The van der Waals surface area contributed by atoms with E-state index in [9.17, 15) is 25.2 Å². The maximum absolute atomic E-state index is 11.3. The van der Waals surface area contributed by atoms with Crippen LogP contribution in [-0.2, 0) is 0 Å². The predicted molar refractivity (Wildman–Crippen MR) is 72.8 cm³/mol. The predicted octanol–water partition coefficient (Wildman–Crippen LogP) is 0.234. The standard InChI is InChI=1S/C12H17NO5S/c1-19-9-4-2-3-8(10(9)11(17)18)13-12(5-14,6-15)7-16/h2-4,13-16H,5-7H2,1H3,(H,17,18). The summed E-state index contributed by atoms with van der Waals surface area (Å²) in [5, 5.41) is 39.7. The molecule has 0 aliphatic carbocycles. The van der Waals surface area contributed by atoms with Gasteiger partial charge in [0, 0.05) is 4.90 Å². The van der Waals surface area contributed by atoms with Gasteiger partial charge < -0.3 is 25.7 Å². The molecule has 0 bridgehead atoms. The van der Waals surface area contributed by atoms with Gasteiger partial charge in [0.2, 0.25) is 0 Å². The molecule has 0 unspecified atom stereocenters. The van der Waals surface area contributed by atoms with Crippen LogP contribution >= 0.6 is 11.8 Å². The van der Waals surface area contributed by atoms with Crippen LogP contribution in [0.4, 0.5) is 5.69 Å². The Morgan fingerprint density at radius 2 is 1.84 bits per heavy atom. The summed E-state index contributed by atoms with van der Waals surface area (Å²) in [5.74, 6) is -1.12. The third-order valence-corrected chi connectivity index (χ3v) is 3.55. The largest absolute Gasteiger partial charge is 0.478 e. The third kappa shape index (κ3) is 3.38. The summed E-state index contributed by atoms with van der Waals surface area (Å²) in [4.78, 5) is 11.9. The van der Waals surface area contributed by atoms with Crippen LogP contribution < -0.4 is 5.32 Å². The molecular formula is C12H17NO5S. The molecule has 1 aromatic rings. The first-order chi connectivity index (χ1) is 9.03. The van der Waals surface area contributed by atoms with Crippen molar-refractivity contribution < 1.29 is 25.2 Å². The average molecular weight is 287 g/mol. The number of carbonyl (C=O) groups is 1. The molecule has 0 atom stereocenters. The first-order valence-corrected chi connectivity index (χ1v) is 6.77. The number of hydrogen-bond donors (Lipinski definition) is 5. The Balaban J connectivity index is 3.23. The van der Waals surface area contributed by atoms with E-state index in [1.807, 2.05) is 0 Å². The van der Waals surface area contributed by atoms with E-state index in [4.69, 9.17) is 0 Å². The van der Waals surface area contributed by atoms with Crippen LogP contribution in [-0.4, -0.2) is 58.0 Å². The molecule has 1 aromatic carbocycles. The molecule has 0 radical (unpaired) electrons. The molecule has 0 saturated carbocycles. The molecule has 6 nitrogen and oxygen atoms in total. The Bertz CT molecular complexity index is 439. The van der Waals surface area contributed by atoms with Crippen molar-refractivity contribution in [1.29, 1.82) is 0 Å². The van der Waals surface area contributed by atoms with E-state index in [-0.39, 0.29) is 11.3 Å². The van der Waals surface area contributed by atoms with Crippen LogP contribution in [0, 0.1) is 0 Å². The zero-order valence-electron chi connectivity index (χ0n) is 10.5. The average Bonchev–Trinajstić information content (AvgIpc) is 2.44. The number of hydrogen-bond acceptors (Lipinski definition) is 6. The first-order valence-electron chi connectivity index (χ1n) is 5.54. The first kappa shape index (κ1) is 15.8. The number of carboxylic acid groups (broad SMARTS) is 1. The van der Waals surface area contributed by atoms with Crippen molar-refractivity contribution in [3.63, 3.8) is 0 Å². The van der Waals surface area contributed by atoms with Gasteiger partial charge in [-0.25, -0.2) is 4.79 Å². The monoisotopic (exact) mass is 287 g/mol. The van der Waals surface area contributed by atoms with Crippen LogP contribution in [0.3, 0.4) is 0 Å². The highest BCUT2D eigenvalue weighted by atomic mass is 32.2. The molecule has 0 heterocycles. The van der Waals surface area contributed by atoms with E-state index in [1.165, 1.54) is 17.8 Å². The van der Waals surface area contributed by atoms with Crippen molar-refractivity contribution in [3.8, 4) is 0 Å². The summed E-state index contributed by atoms with van der Waals surface area (Å²) in [6.45, 7) is -1.58. The summed E-state index contributed by atoms with van der Waals surface area (Å²) in [5.41, 5.74) is -1.06. The second kappa shape index (κ2) is 6.76. The number of thioether (sulfide) groups is 1. The maximum atomic E-state index is 11.3. The van der Waals surface area contributed by atoms with Crippen molar-refractivity contribution in [2.75, 3.05) is 31.4 Å². The second-order valence-electron chi connectivity index (χ2n) is 4.07. The molecule has 0 aromatic heterocycles. The van der Waals surface area contributed by atoms with Gasteiger partial charge in [-0.3, -0.25) is 0 Å². The lowest BCUT2D eigenvalue weighted by atomic mass is 10.0. The van der Waals surface area contributed by atoms with Crippen molar-refractivity contribution >= 4 is 23.4 Å². The Hall–Kier alpha value is -1.28. The number of aliphatic hydroxyl groups is 3. The van der Waals surface area contributed by atoms with Gasteiger partial charge in [-0.05, 0) is 18.4 Å². The van der Waals surface area contributed by atoms with E-state index in [0.29, 0.717) is 4.90 Å². The smallest absolute Gasteiger partial charge is 0.338 e. The van der Waals surface area contributed by atoms with E-state index in [0.717, 1.165) is 0 Å². The van der Waals surface area contributed by atoms with Crippen molar-refractivity contribution in [3.05, 3.63) is 23.8 Å². The number of rotatable bonds is 7. The Morgan fingerprint density at radius 3 is 2.26 bits per heavy atom. The fourth-order valence-corrected chi connectivity index (χ4v) is 2.20. The van der Waals surface area contributed by atoms with Gasteiger partial charge in [-0.15, -0.1) is 11.8 Å². The Labute approximate surface area is 115 Å². The molecule has 0 saturated heterocycles. The second-order valence-corrected chi connectivity index (χ2v) is 4.92. The van der Waals surface area contributed by atoms with Gasteiger partial charge in [-0.1, -0.05) is 6.07 Å². The molecule has 1 rings (SSSR count). The SMILES string of the molecule is CSc1cccc(NC(CO)(CO)CO)c1C(=O)O. The molecule has 0 aliphatic heterocycles. The molecule has 0 aliphatic rings. The lowest BCUT2D eigenvalue weighted by Crippen LogP contribution is -2.49. The van der Waals surface area contributed by atoms with Gasteiger partial charge in [-0.2, -0.15) is 0 Å². The number of aromatic carboxylic acids is 1. The topological polar surface area (TPSA) is 110 Å². The van der Waals surface area contributed by atoms with E-state index < -0.39 is 31.3 Å². The summed E-state index contributed by atoms with van der Waals surface area (Å²) in [6, 6.07) is 4.86. The summed E-state index contributed by atoms with van der Waals surface area (Å²) >= 11 is 1.28. The van der Waals surface area contributed by atoms with Gasteiger partial charge in [0.05, 0.1) is 31.1 Å². The van der Waals surface area contributed by atoms with Crippen LogP contribution in [0.5, 0.6) is 0 Å². The number of anilines is 1. The minimum Gasteiger partial charge on any atom is -0.478 e. The minimum absolute atomic E-state index is 0.0507. The van der Waals surface area contributed by atoms with Crippen LogP contribution in [0.25, 0.3) is 0 Å². The Morgan fingerprint density at radius 1 is 1.26 bits per heavy atom. The van der Waals surface area contributed by atoms with Gasteiger partial charge in [0.15, 0.2) is 0 Å². The summed E-state index contributed by atoms with van der Waals surface area (Å²) in [6.07, 6.45) is 1.75. The highest BCUT2D eigenvalue weighted by Gasteiger charge is 2.29. The Kier molecular flexibility index (Phi) is 5.61. The quantitative estimate of drug-likeness (QED) is 0.457. The molecule has 5 N–H and O–H groups in total. The number of carboxylic acids is 1. The van der Waals surface area contributed by atoms with E-state index >= 15 is 0 Å². The maximum Gasteiger partial charge on any atom is 0.338 e. The molecule has 7 heteroatoms. The van der Waals surface area contributed by atoms with Crippen molar-refractivity contribution in [2.24, 2.45) is 0 Å². The highest BCUT2D eigenvalue weighted by molar-refractivity contribution is 7.98. The van der Waals surface area contributed by atoms with Gasteiger partial charge in [0.25, 0.3) is 0 Å². The third-order valence-electron chi connectivity index (χ3n) is 2.77. The van der Waals surface area contributed by atoms with Crippen LogP contribution in [0.2, 0.25) is 0 Å². The minimum atomic E-state index is -1.36. The molecular weight excluding hydrogens is 270 g/mol. The zero-order chi connectivity index (χ0) is 14.5. The molecule has 19 heavy (non-hydrogen) atoms. The fraction of sp³-hybridized carbons (Fsp3) is 0.417. The molecule has 0 spiro atoms. The normalized spacial score (nSPS) is 11.4. The van der Waals surface area contributed by atoms with E-state index in [1.54, 1.807) is 18.4 Å². The van der Waals surface area contributed by atoms with Crippen LogP contribution in [0.15, 0.2) is 23.1 Å². The number of benzene rings is 1. The molecule has 0 fully saturated rings. The summed E-state index contributed by atoms with van der Waals surface area (Å²) in [7, 11) is 0. The summed E-state index contributed by atoms with van der Waals surface area (Å²) < 4.78 is 0. The van der Waals surface area contributed by atoms with Crippen molar-refractivity contribution in [1.82, 2.24) is 0 Å². The number of aliphatic hydroxyl groups excluding tert-OH is 3. The fourth-order valence-electron chi connectivity index (χ4n) is 1.58. The van der Waals surface area contributed by atoms with Crippen LogP contribution in [0.1, 0.15) is 10.4 Å². The molecule has 106 valence electrons. The molecule has 0 amide bonds. The lowest BCUT2D eigenvalue weighted by Gasteiger charge is -2.30. The zero-order valence-corrected chi connectivity index (χ0v) is 11.3. The van der Waals surface area contributed by atoms with Crippen molar-refractivity contribution in [2.45, 2.75) is 10.4 Å².